The van der Waals surface area contributed by atoms with E-state index in [2.05, 4.69) is 15.7 Å². The highest BCUT2D eigenvalue weighted by molar-refractivity contribution is 5.90. The van der Waals surface area contributed by atoms with Crippen molar-refractivity contribution in [1.82, 2.24) is 20.7 Å². The molecular formula is C22H23F4N7O4. The maximum atomic E-state index is 15.1. The Kier molecular flexibility index (Phi) is 7.91. The lowest BCUT2D eigenvalue weighted by Crippen LogP contribution is -2.46. The standard InChI is InChI=1S/C22H23F4N7O4/c23-16-9-14(32-12-15(37-22(32)36)11-28-20(34)19(25)26)10-17(24)18(16)31-6-5-29-33(8-7-31)21(35)30-13-1-3-27-4-2-13/h1-4,9-10,15,19,29H,5-8,11-12H2,(H,28,34)(H,27,30,35). The van der Waals surface area contributed by atoms with Gasteiger partial charge < -0.3 is 20.3 Å². The van der Waals surface area contributed by atoms with Crippen molar-refractivity contribution in [1.29, 1.82) is 0 Å². The van der Waals surface area contributed by atoms with Crippen LogP contribution < -0.4 is 25.9 Å². The zero-order chi connectivity index (χ0) is 26.5. The van der Waals surface area contributed by atoms with Crippen molar-refractivity contribution in [2.45, 2.75) is 12.5 Å². The molecule has 15 heteroatoms. The van der Waals surface area contributed by atoms with Crippen molar-refractivity contribution in [2.75, 3.05) is 54.4 Å². The summed E-state index contributed by atoms with van der Waals surface area (Å²) in [4.78, 5) is 42.0. The highest BCUT2D eigenvalue weighted by Gasteiger charge is 2.34. The second kappa shape index (κ2) is 11.3. The molecule has 3 N–H and O–H groups in total. The molecule has 11 nitrogen and oxygen atoms in total. The normalized spacial score (nSPS) is 18.0. The summed E-state index contributed by atoms with van der Waals surface area (Å²) in [6, 6.07) is 4.72. The lowest BCUT2D eigenvalue weighted by atomic mass is 10.2. The summed E-state index contributed by atoms with van der Waals surface area (Å²) in [6.07, 6.45) is -2.08. The van der Waals surface area contributed by atoms with Crippen LogP contribution in [0.15, 0.2) is 36.7 Å². The predicted octanol–water partition coefficient (Wildman–Crippen LogP) is 1.93. The van der Waals surface area contributed by atoms with Crippen LogP contribution in [0, 0.1) is 11.6 Å². The SMILES string of the molecule is O=C(NCC1CN(c2cc(F)c(N3CCNN(C(=O)Nc4ccncc4)CC3)c(F)c2)C(=O)O1)C(F)F. The third kappa shape index (κ3) is 6.17. The van der Waals surface area contributed by atoms with Gasteiger partial charge in [-0.15, -0.1) is 0 Å². The minimum Gasteiger partial charge on any atom is -0.442 e. The van der Waals surface area contributed by atoms with E-state index in [-0.39, 0.29) is 50.6 Å². The summed E-state index contributed by atoms with van der Waals surface area (Å²) in [7, 11) is 0. The number of rotatable bonds is 6. The van der Waals surface area contributed by atoms with Crippen LogP contribution in [-0.2, 0) is 9.53 Å². The number of hydrogen-bond donors (Lipinski definition) is 3. The summed E-state index contributed by atoms with van der Waals surface area (Å²) >= 11 is 0. The molecule has 3 heterocycles. The summed E-state index contributed by atoms with van der Waals surface area (Å²) in [5.74, 6) is -3.39. The minimum atomic E-state index is -3.22. The smallest absolute Gasteiger partial charge is 0.414 e. The Labute approximate surface area is 208 Å². The highest BCUT2D eigenvalue weighted by atomic mass is 19.3. The molecule has 4 rings (SSSR count). The van der Waals surface area contributed by atoms with E-state index in [0.717, 1.165) is 17.0 Å². The third-order valence-electron chi connectivity index (χ3n) is 5.66. The van der Waals surface area contributed by atoms with E-state index in [0.29, 0.717) is 5.69 Å². The summed E-state index contributed by atoms with van der Waals surface area (Å²) in [5, 5.41) is 5.93. The van der Waals surface area contributed by atoms with Crippen LogP contribution in [0.4, 0.5) is 44.2 Å². The number of carbonyl (C=O) groups excluding carboxylic acids is 3. The monoisotopic (exact) mass is 525 g/mol. The Morgan fingerprint density at radius 2 is 1.84 bits per heavy atom. The number of carbonyl (C=O) groups is 3. The number of halogens is 4. The van der Waals surface area contributed by atoms with E-state index in [4.69, 9.17) is 4.74 Å². The zero-order valence-electron chi connectivity index (χ0n) is 19.3. The number of aromatic nitrogens is 1. The molecule has 2 aliphatic rings. The molecule has 1 atom stereocenters. The molecule has 0 bridgehead atoms. The number of anilines is 3. The minimum absolute atomic E-state index is 0.113. The molecule has 1 unspecified atom stereocenters. The van der Waals surface area contributed by atoms with Gasteiger partial charge in [0, 0.05) is 49.8 Å². The number of hydrazine groups is 1. The van der Waals surface area contributed by atoms with Gasteiger partial charge in [-0.1, -0.05) is 0 Å². The number of hydrogen-bond acceptors (Lipinski definition) is 7. The summed E-state index contributed by atoms with van der Waals surface area (Å²) in [5.41, 5.74) is 2.99. The molecule has 0 spiro atoms. The van der Waals surface area contributed by atoms with Gasteiger partial charge in [-0.2, -0.15) is 8.78 Å². The van der Waals surface area contributed by atoms with Gasteiger partial charge in [0.05, 0.1) is 25.3 Å². The Bertz CT molecular complexity index is 1130. The van der Waals surface area contributed by atoms with Crippen molar-refractivity contribution < 1.29 is 36.7 Å². The number of cyclic esters (lactones) is 1. The van der Waals surface area contributed by atoms with Gasteiger partial charge in [0.1, 0.15) is 11.8 Å². The maximum absolute atomic E-state index is 15.1. The maximum Gasteiger partial charge on any atom is 0.414 e. The lowest BCUT2D eigenvalue weighted by molar-refractivity contribution is -0.132. The van der Waals surface area contributed by atoms with Crippen molar-refractivity contribution in [3.8, 4) is 0 Å². The van der Waals surface area contributed by atoms with Gasteiger partial charge in [0.25, 0.3) is 5.91 Å². The van der Waals surface area contributed by atoms with E-state index in [1.165, 1.54) is 22.3 Å². The van der Waals surface area contributed by atoms with E-state index in [9.17, 15) is 23.2 Å². The van der Waals surface area contributed by atoms with Gasteiger partial charge in [-0.25, -0.2) is 23.8 Å². The second-order valence-corrected chi connectivity index (χ2v) is 8.13. The van der Waals surface area contributed by atoms with Crippen molar-refractivity contribution >= 4 is 35.1 Å². The fourth-order valence-corrected chi connectivity index (χ4v) is 3.89. The lowest BCUT2D eigenvalue weighted by Gasteiger charge is -2.25. The first-order chi connectivity index (χ1) is 17.7. The predicted molar refractivity (Wildman–Crippen MR) is 123 cm³/mol. The van der Waals surface area contributed by atoms with Crippen LogP contribution in [0.25, 0.3) is 0 Å². The number of urea groups is 1. The van der Waals surface area contributed by atoms with E-state index >= 15 is 8.78 Å². The van der Waals surface area contributed by atoms with Crippen LogP contribution in [0.3, 0.4) is 0 Å². The highest BCUT2D eigenvalue weighted by Crippen LogP contribution is 2.31. The van der Waals surface area contributed by atoms with E-state index in [1.807, 2.05) is 5.32 Å². The Balaban J connectivity index is 1.39. The number of amides is 4. The third-order valence-corrected chi connectivity index (χ3v) is 5.66. The number of ether oxygens (including phenoxy) is 1. The molecule has 4 amide bonds. The van der Waals surface area contributed by atoms with Gasteiger partial charge in [0.2, 0.25) is 0 Å². The largest absolute Gasteiger partial charge is 0.442 e. The number of nitrogens with zero attached hydrogens (tertiary/aromatic N) is 4. The fourth-order valence-electron chi connectivity index (χ4n) is 3.89. The zero-order valence-corrected chi connectivity index (χ0v) is 19.3. The molecule has 0 radical (unpaired) electrons. The fraction of sp³-hybridized carbons (Fsp3) is 0.364. The topological polar surface area (TPSA) is 119 Å². The average Bonchev–Trinajstić information content (AvgIpc) is 3.07. The number of pyridine rings is 1. The molecule has 1 aromatic heterocycles. The molecule has 0 aliphatic carbocycles. The van der Waals surface area contributed by atoms with Crippen LogP contribution in [0.5, 0.6) is 0 Å². The molecule has 2 saturated heterocycles. The first kappa shape index (κ1) is 25.9. The molecule has 2 aliphatic heterocycles. The summed E-state index contributed by atoms with van der Waals surface area (Å²) in [6.45, 7) is 0.0542. The molecule has 1 aromatic carbocycles. The number of nitrogens with one attached hydrogen (secondary N) is 3. The Morgan fingerprint density at radius 1 is 1.14 bits per heavy atom. The molecule has 2 aromatic rings. The first-order valence-corrected chi connectivity index (χ1v) is 11.2. The quantitative estimate of drug-likeness (QED) is 0.493. The van der Waals surface area contributed by atoms with Crippen LogP contribution in [0.2, 0.25) is 0 Å². The first-order valence-electron chi connectivity index (χ1n) is 11.2. The van der Waals surface area contributed by atoms with Crippen molar-refractivity contribution in [2.24, 2.45) is 0 Å². The molecule has 198 valence electrons. The average molecular weight is 525 g/mol. The van der Waals surface area contributed by atoms with Gasteiger partial charge >= 0.3 is 18.5 Å². The summed E-state index contributed by atoms with van der Waals surface area (Å²) < 4.78 is 59.8. The second-order valence-electron chi connectivity index (χ2n) is 8.13. The number of benzene rings is 1. The molecular weight excluding hydrogens is 502 g/mol. The van der Waals surface area contributed by atoms with Gasteiger partial charge in [-0.3, -0.25) is 19.7 Å². The van der Waals surface area contributed by atoms with Crippen LogP contribution >= 0.6 is 0 Å². The van der Waals surface area contributed by atoms with E-state index in [1.54, 1.807) is 12.1 Å². The van der Waals surface area contributed by atoms with Crippen LogP contribution in [0.1, 0.15) is 0 Å². The molecule has 2 fully saturated rings. The Hall–Kier alpha value is -4.14. The molecule has 0 saturated carbocycles. The van der Waals surface area contributed by atoms with Gasteiger partial charge in [0.15, 0.2) is 11.6 Å². The van der Waals surface area contributed by atoms with E-state index < -0.39 is 42.2 Å². The molecule has 37 heavy (non-hydrogen) atoms. The number of alkyl halides is 2. The van der Waals surface area contributed by atoms with Crippen molar-refractivity contribution in [3.05, 3.63) is 48.3 Å². The van der Waals surface area contributed by atoms with Crippen LogP contribution in [-0.4, -0.2) is 79.8 Å². The van der Waals surface area contributed by atoms with Gasteiger partial charge in [-0.05, 0) is 12.1 Å². The Morgan fingerprint density at radius 3 is 2.51 bits per heavy atom. The van der Waals surface area contributed by atoms with Crippen molar-refractivity contribution in [3.63, 3.8) is 0 Å².